The zero-order valence-electron chi connectivity index (χ0n) is 27.4. The van der Waals surface area contributed by atoms with E-state index in [1.54, 1.807) is 0 Å². The van der Waals surface area contributed by atoms with Crippen LogP contribution in [0.3, 0.4) is 0 Å². The van der Waals surface area contributed by atoms with Crippen LogP contribution in [0.2, 0.25) is 0 Å². The maximum atomic E-state index is 2.56. The van der Waals surface area contributed by atoms with Crippen molar-refractivity contribution in [1.29, 1.82) is 0 Å². The van der Waals surface area contributed by atoms with Gasteiger partial charge in [0.1, 0.15) is 0 Å². The number of thiophene rings is 1. The molecule has 0 radical (unpaired) electrons. The number of benzene rings is 8. The Kier molecular flexibility index (Phi) is 5.73. The molecule has 236 valence electrons. The van der Waals surface area contributed by atoms with Crippen molar-refractivity contribution in [2.24, 2.45) is 0 Å². The fraction of sp³-hybridized carbons (Fsp3) is 0. The molecule has 0 spiro atoms. The van der Waals surface area contributed by atoms with Crippen LogP contribution in [0.4, 0.5) is 0 Å². The van der Waals surface area contributed by atoms with Gasteiger partial charge in [0.2, 0.25) is 0 Å². The molecule has 0 amide bonds. The van der Waals surface area contributed by atoms with Gasteiger partial charge in [-0.3, -0.25) is 0 Å². The quantitative estimate of drug-likeness (QED) is 0.156. The minimum absolute atomic E-state index is 0.301. The van der Waals surface area contributed by atoms with Crippen molar-refractivity contribution < 1.29 is 0 Å². The summed E-state index contributed by atoms with van der Waals surface area (Å²) in [7, 11) is 0. The van der Waals surface area contributed by atoms with Gasteiger partial charge in [-0.15, -0.1) is 11.3 Å². The van der Waals surface area contributed by atoms with E-state index in [9.17, 15) is 0 Å². The third-order valence-corrected chi connectivity index (χ3v) is 14.6. The van der Waals surface area contributed by atoms with E-state index in [1.165, 1.54) is 111 Å². The van der Waals surface area contributed by atoms with E-state index in [2.05, 4.69) is 168 Å². The van der Waals surface area contributed by atoms with Gasteiger partial charge in [-0.05, 0) is 22.2 Å². The SMILES string of the molecule is c1cc(-c2ccc3c(c2)c2ccc4sc5cccc6c7ccccc7c7ccccc7n3c2c4c56)cc(-c2cccc3c2[se]c2ccccc23)c1. The van der Waals surface area contributed by atoms with Crippen molar-refractivity contribution in [3.63, 3.8) is 0 Å². The van der Waals surface area contributed by atoms with Gasteiger partial charge in [0, 0.05) is 4.70 Å². The van der Waals surface area contributed by atoms with Gasteiger partial charge >= 0.3 is 212 Å². The summed E-state index contributed by atoms with van der Waals surface area (Å²) in [4.78, 5) is 0. The normalized spacial score (nSPS) is 12.3. The van der Waals surface area contributed by atoms with Gasteiger partial charge in [0.15, 0.2) is 0 Å². The van der Waals surface area contributed by atoms with E-state index < -0.39 is 0 Å². The minimum atomic E-state index is 0.301. The van der Waals surface area contributed by atoms with E-state index in [0.29, 0.717) is 14.5 Å². The zero-order chi connectivity index (χ0) is 33.2. The molecule has 4 aromatic heterocycles. The van der Waals surface area contributed by atoms with Gasteiger partial charge in [0.05, 0.1) is 0 Å². The molecule has 51 heavy (non-hydrogen) atoms. The maximum absolute atomic E-state index is 2.56. The molecular formula is C48H27NSSe. The summed E-state index contributed by atoms with van der Waals surface area (Å²) in [5.74, 6) is 0. The molecule has 0 aliphatic rings. The Balaban J connectivity index is 1.18. The number of fused-ring (bicyclic) bond motifs is 11. The summed E-state index contributed by atoms with van der Waals surface area (Å²) < 4.78 is 8.20. The summed E-state index contributed by atoms with van der Waals surface area (Å²) in [6.45, 7) is 0. The van der Waals surface area contributed by atoms with Crippen LogP contribution >= 0.6 is 11.3 Å². The van der Waals surface area contributed by atoms with Crippen molar-refractivity contribution in [1.82, 2.24) is 4.40 Å². The summed E-state index contributed by atoms with van der Waals surface area (Å²) in [6, 6.07) is 61.6. The van der Waals surface area contributed by atoms with Crippen molar-refractivity contribution in [2.45, 2.75) is 0 Å². The van der Waals surface area contributed by atoms with Crippen LogP contribution in [-0.4, -0.2) is 18.9 Å². The molecule has 0 bridgehead atoms. The first-order valence-corrected chi connectivity index (χ1v) is 20.0. The molecule has 0 atom stereocenters. The topological polar surface area (TPSA) is 4.41 Å². The third-order valence-electron chi connectivity index (χ3n) is 11.0. The van der Waals surface area contributed by atoms with Crippen LogP contribution in [0, 0.1) is 0 Å². The molecule has 1 nitrogen and oxygen atoms in total. The van der Waals surface area contributed by atoms with Gasteiger partial charge in [0.25, 0.3) is 0 Å². The first kappa shape index (κ1) is 28.0. The van der Waals surface area contributed by atoms with Crippen LogP contribution in [-0.2, 0) is 0 Å². The van der Waals surface area contributed by atoms with Crippen molar-refractivity contribution in [2.75, 3.05) is 0 Å². The average Bonchev–Trinajstić information content (AvgIpc) is 3.87. The molecule has 0 saturated heterocycles. The fourth-order valence-electron chi connectivity index (χ4n) is 8.75. The summed E-state index contributed by atoms with van der Waals surface area (Å²) in [5.41, 5.74) is 8.89. The molecule has 4 heterocycles. The zero-order valence-corrected chi connectivity index (χ0v) is 29.9. The molecule has 0 unspecified atom stereocenters. The summed E-state index contributed by atoms with van der Waals surface area (Å²) in [5, 5.41) is 13.2. The second-order valence-corrected chi connectivity index (χ2v) is 16.9. The number of rotatable bonds is 2. The van der Waals surface area contributed by atoms with Gasteiger partial charge in [-0.2, -0.15) is 0 Å². The van der Waals surface area contributed by atoms with E-state index in [1.807, 2.05) is 11.3 Å². The third kappa shape index (κ3) is 3.86. The molecule has 8 aromatic carbocycles. The molecular weight excluding hydrogens is 702 g/mol. The Morgan fingerprint density at radius 1 is 0.392 bits per heavy atom. The Bertz CT molecular complexity index is 3420. The van der Waals surface area contributed by atoms with Crippen molar-refractivity contribution >= 4 is 114 Å². The molecule has 12 rings (SSSR count). The van der Waals surface area contributed by atoms with Gasteiger partial charge < -0.3 is 0 Å². The van der Waals surface area contributed by atoms with Crippen LogP contribution in [0.5, 0.6) is 0 Å². The standard InChI is InChI=1S/C48H27NSSe/c1-2-13-33-32(12-1)34-14-3-5-19-40(34)49-41-24-22-29(27-39(41)37-23-25-43-46(47(37)49)45-36(33)17-9-20-42(45)50-43)28-10-7-11-30(26-28)31-16-8-18-38-35-15-4-6-21-44(35)51-48(31)38/h1-27H. The van der Waals surface area contributed by atoms with E-state index >= 15 is 0 Å². The predicted molar refractivity (Wildman–Crippen MR) is 223 cm³/mol. The van der Waals surface area contributed by atoms with Crippen LogP contribution in [0.1, 0.15) is 0 Å². The second-order valence-electron chi connectivity index (χ2n) is 13.6. The molecule has 0 saturated carbocycles. The molecule has 0 N–H and O–H groups in total. The van der Waals surface area contributed by atoms with E-state index in [4.69, 9.17) is 0 Å². The van der Waals surface area contributed by atoms with Crippen molar-refractivity contribution in [3.8, 4) is 22.3 Å². The number of hydrogen-bond donors (Lipinski definition) is 0. The molecule has 12 aromatic rings. The van der Waals surface area contributed by atoms with Gasteiger partial charge in [-0.1, -0.05) is 54.6 Å². The first-order chi connectivity index (χ1) is 25.3. The average molecular weight is 729 g/mol. The Labute approximate surface area is 303 Å². The molecule has 3 heteroatoms. The van der Waals surface area contributed by atoms with E-state index in [-0.39, 0.29) is 0 Å². The molecule has 0 aliphatic heterocycles. The molecule has 0 fully saturated rings. The number of hydrogen-bond acceptors (Lipinski definition) is 1. The van der Waals surface area contributed by atoms with Crippen molar-refractivity contribution in [3.05, 3.63) is 164 Å². The Morgan fingerprint density at radius 3 is 1.98 bits per heavy atom. The van der Waals surface area contributed by atoms with E-state index in [0.717, 1.165) is 0 Å². The summed E-state index contributed by atoms with van der Waals surface area (Å²) >= 11 is 2.21. The Morgan fingerprint density at radius 2 is 1.06 bits per heavy atom. The number of para-hydroxylation sites is 1. The fourth-order valence-corrected chi connectivity index (χ4v) is 12.5. The monoisotopic (exact) mass is 729 g/mol. The Hall–Kier alpha value is -5.70. The molecule has 0 aliphatic carbocycles. The predicted octanol–water partition coefficient (Wildman–Crippen LogP) is 13.6. The first-order valence-electron chi connectivity index (χ1n) is 17.4. The van der Waals surface area contributed by atoms with Crippen LogP contribution in [0.25, 0.3) is 111 Å². The second kappa shape index (κ2) is 10.4. The van der Waals surface area contributed by atoms with Crippen LogP contribution < -0.4 is 0 Å². The van der Waals surface area contributed by atoms with Gasteiger partial charge in [-0.25, -0.2) is 0 Å². The van der Waals surface area contributed by atoms with Crippen LogP contribution in [0.15, 0.2) is 164 Å². The number of aromatic nitrogens is 1. The summed E-state index contributed by atoms with van der Waals surface area (Å²) in [6.07, 6.45) is 0. The number of nitrogens with zero attached hydrogens (tertiary/aromatic N) is 1.